The summed E-state index contributed by atoms with van der Waals surface area (Å²) in [5, 5.41) is 3.63. The van der Waals surface area contributed by atoms with Crippen LogP contribution in [0.5, 0.6) is 0 Å². The van der Waals surface area contributed by atoms with Gasteiger partial charge in [0.1, 0.15) is 5.82 Å². The molecule has 1 aliphatic carbocycles. The van der Waals surface area contributed by atoms with E-state index in [0.717, 1.165) is 19.3 Å². The van der Waals surface area contributed by atoms with Gasteiger partial charge in [0, 0.05) is 32.0 Å². The Balaban J connectivity index is 1.49. The molecule has 146 valence electrons. The second-order valence-electron chi connectivity index (χ2n) is 8.57. The standard InChI is InChI=1S/C21H28FN3O2/c1-14(2)13-18-20(27)25(15-7-8-15)21(23-18)9-11-24(12-10-21)19(26)16-5-3-4-6-17(16)22/h3-6,14-15,18,23H,7-13H2,1-2H3/t18-/m1/s1. The van der Waals surface area contributed by atoms with Gasteiger partial charge < -0.3 is 9.80 Å². The SMILES string of the molecule is CC(C)C[C@H]1NC2(CCN(C(=O)c3ccccc3F)CC2)N(C2CC2)C1=O. The van der Waals surface area contributed by atoms with Crippen LogP contribution in [0.25, 0.3) is 0 Å². The Hall–Kier alpha value is -1.95. The third-order valence-electron chi connectivity index (χ3n) is 6.04. The van der Waals surface area contributed by atoms with Crippen LogP contribution >= 0.6 is 0 Å². The van der Waals surface area contributed by atoms with Crippen molar-refractivity contribution < 1.29 is 14.0 Å². The lowest BCUT2D eigenvalue weighted by Gasteiger charge is -2.45. The first-order valence-corrected chi connectivity index (χ1v) is 10.1. The topological polar surface area (TPSA) is 52.7 Å². The molecule has 2 saturated heterocycles. The lowest BCUT2D eigenvalue weighted by Crippen LogP contribution is -2.60. The normalized spacial score (nSPS) is 24.9. The number of rotatable bonds is 4. The van der Waals surface area contributed by atoms with Gasteiger partial charge in [-0.05, 0) is 37.3 Å². The maximum atomic E-state index is 14.0. The fourth-order valence-electron chi connectivity index (χ4n) is 4.60. The van der Waals surface area contributed by atoms with Crippen LogP contribution in [-0.4, -0.2) is 52.5 Å². The Morgan fingerprint density at radius 3 is 2.52 bits per heavy atom. The minimum Gasteiger partial charge on any atom is -0.338 e. The average molecular weight is 373 g/mol. The largest absolute Gasteiger partial charge is 0.338 e. The number of likely N-dealkylation sites (tertiary alicyclic amines) is 1. The fraction of sp³-hybridized carbons (Fsp3) is 0.619. The number of carbonyl (C=O) groups excluding carboxylic acids is 2. The van der Waals surface area contributed by atoms with E-state index >= 15 is 0 Å². The summed E-state index contributed by atoms with van der Waals surface area (Å²) in [5.74, 6) is -0.0667. The predicted octanol–water partition coefficient (Wildman–Crippen LogP) is 2.77. The van der Waals surface area contributed by atoms with E-state index in [1.165, 1.54) is 12.1 Å². The Bertz CT molecular complexity index is 739. The van der Waals surface area contributed by atoms with E-state index in [4.69, 9.17) is 0 Å². The first kappa shape index (κ1) is 18.4. The van der Waals surface area contributed by atoms with Crippen molar-refractivity contribution in [1.82, 2.24) is 15.1 Å². The van der Waals surface area contributed by atoms with Crippen LogP contribution in [-0.2, 0) is 4.79 Å². The number of nitrogens with zero attached hydrogens (tertiary/aromatic N) is 2. The fourth-order valence-corrected chi connectivity index (χ4v) is 4.60. The van der Waals surface area contributed by atoms with Crippen molar-refractivity contribution in [3.63, 3.8) is 0 Å². The molecule has 4 rings (SSSR count). The van der Waals surface area contributed by atoms with Crippen LogP contribution in [0.15, 0.2) is 24.3 Å². The van der Waals surface area contributed by atoms with Crippen molar-refractivity contribution in [2.24, 2.45) is 5.92 Å². The molecule has 0 aromatic heterocycles. The summed E-state index contributed by atoms with van der Waals surface area (Å²) in [6, 6.07) is 6.35. The smallest absolute Gasteiger partial charge is 0.256 e. The van der Waals surface area contributed by atoms with Gasteiger partial charge in [-0.1, -0.05) is 26.0 Å². The van der Waals surface area contributed by atoms with E-state index in [9.17, 15) is 14.0 Å². The van der Waals surface area contributed by atoms with Crippen molar-refractivity contribution in [2.45, 2.75) is 63.7 Å². The van der Waals surface area contributed by atoms with Gasteiger partial charge in [0.15, 0.2) is 0 Å². The molecule has 1 spiro atoms. The zero-order valence-corrected chi connectivity index (χ0v) is 16.1. The molecule has 0 radical (unpaired) electrons. The van der Waals surface area contributed by atoms with Crippen LogP contribution in [0.3, 0.4) is 0 Å². The number of benzene rings is 1. The minimum absolute atomic E-state index is 0.126. The summed E-state index contributed by atoms with van der Waals surface area (Å²) >= 11 is 0. The molecule has 2 amide bonds. The maximum Gasteiger partial charge on any atom is 0.256 e. The number of hydrogen-bond donors (Lipinski definition) is 1. The quantitative estimate of drug-likeness (QED) is 0.883. The number of halogens is 1. The molecule has 1 aromatic carbocycles. The first-order valence-electron chi connectivity index (χ1n) is 10.1. The van der Waals surface area contributed by atoms with Gasteiger partial charge in [-0.3, -0.25) is 14.9 Å². The molecular weight excluding hydrogens is 345 g/mol. The molecule has 2 aliphatic heterocycles. The summed E-state index contributed by atoms with van der Waals surface area (Å²) in [5.41, 5.74) is -0.218. The van der Waals surface area contributed by atoms with Crippen LogP contribution in [0.4, 0.5) is 4.39 Å². The van der Waals surface area contributed by atoms with Crippen molar-refractivity contribution in [2.75, 3.05) is 13.1 Å². The third kappa shape index (κ3) is 3.35. The molecule has 2 heterocycles. The molecule has 5 nitrogen and oxygen atoms in total. The van der Waals surface area contributed by atoms with Gasteiger partial charge in [-0.15, -0.1) is 0 Å². The molecular formula is C21H28FN3O2. The van der Waals surface area contributed by atoms with E-state index in [1.54, 1.807) is 17.0 Å². The summed E-state index contributed by atoms with van der Waals surface area (Å²) in [7, 11) is 0. The molecule has 1 N–H and O–H groups in total. The number of amides is 2. The molecule has 1 atom stereocenters. The van der Waals surface area contributed by atoms with E-state index < -0.39 is 5.82 Å². The molecule has 0 unspecified atom stereocenters. The number of piperidine rings is 1. The highest BCUT2D eigenvalue weighted by molar-refractivity contribution is 5.94. The van der Waals surface area contributed by atoms with Gasteiger partial charge in [-0.2, -0.15) is 0 Å². The Morgan fingerprint density at radius 1 is 1.26 bits per heavy atom. The lowest BCUT2D eigenvalue weighted by molar-refractivity contribution is -0.134. The Morgan fingerprint density at radius 2 is 1.93 bits per heavy atom. The number of hydrogen-bond acceptors (Lipinski definition) is 3. The van der Waals surface area contributed by atoms with Crippen molar-refractivity contribution in [3.8, 4) is 0 Å². The van der Waals surface area contributed by atoms with Crippen molar-refractivity contribution in [1.29, 1.82) is 0 Å². The monoisotopic (exact) mass is 373 g/mol. The second kappa shape index (κ2) is 6.89. The zero-order valence-electron chi connectivity index (χ0n) is 16.1. The van der Waals surface area contributed by atoms with Crippen LogP contribution < -0.4 is 5.32 Å². The molecule has 0 bridgehead atoms. The van der Waals surface area contributed by atoms with Crippen molar-refractivity contribution in [3.05, 3.63) is 35.6 Å². The van der Waals surface area contributed by atoms with Gasteiger partial charge in [0.25, 0.3) is 5.91 Å². The Kier molecular flexibility index (Phi) is 4.70. The number of carbonyl (C=O) groups is 2. The third-order valence-corrected chi connectivity index (χ3v) is 6.04. The van der Waals surface area contributed by atoms with Crippen LogP contribution in [0, 0.1) is 11.7 Å². The van der Waals surface area contributed by atoms with E-state index in [1.807, 2.05) is 0 Å². The average Bonchev–Trinajstić information content (AvgIpc) is 3.42. The maximum absolute atomic E-state index is 14.0. The van der Waals surface area contributed by atoms with Crippen LogP contribution in [0.1, 0.15) is 56.3 Å². The van der Waals surface area contributed by atoms with Gasteiger partial charge in [-0.25, -0.2) is 4.39 Å². The van der Waals surface area contributed by atoms with E-state index in [0.29, 0.717) is 37.9 Å². The highest BCUT2D eigenvalue weighted by Crippen LogP contribution is 2.42. The van der Waals surface area contributed by atoms with E-state index in [2.05, 4.69) is 24.1 Å². The molecule has 1 saturated carbocycles. The highest BCUT2D eigenvalue weighted by Gasteiger charge is 2.56. The van der Waals surface area contributed by atoms with Gasteiger partial charge in [0.2, 0.25) is 5.91 Å². The molecule has 27 heavy (non-hydrogen) atoms. The molecule has 1 aromatic rings. The Labute approximate surface area is 159 Å². The second-order valence-corrected chi connectivity index (χ2v) is 8.57. The molecule has 3 aliphatic rings. The summed E-state index contributed by atoms with van der Waals surface area (Å²) in [6.45, 7) is 5.34. The number of nitrogens with one attached hydrogen (secondary N) is 1. The summed E-state index contributed by atoms with van der Waals surface area (Å²) in [6.07, 6.45) is 4.37. The van der Waals surface area contributed by atoms with Crippen LogP contribution in [0.2, 0.25) is 0 Å². The summed E-state index contributed by atoms with van der Waals surface area (Å²) in [4.78, 5) is 29.5. The predicted molar refractivity (Wildman–Crippen MR) is 101 cm³/mol. The minimum atomic E-state index is -0.478. The lowest BCUT2D eigenvalue weighted by atomic mass is 9.95. The van der Waals surface area contributed by atoms with Gasteiger partial charge >= 0.3 is 0 Å². The highest BCUT2D eigenvalue weighted by atomic mass is 19.1. The summed E-state index contributed by atoms with van der Waals surface area (Å²) < 4.78 is 14.0. The molecule has 6 heteroatoms. The van der Waals surface area contributed by atoms with Crippen molar-refractivity contribution >= 4 is 11.8 Å². The zero-order chi connectivity index (χ0) is 19.2. The van der Waals surface area contributed by atoms with E-state index in [-0.39, 0.29) is 29.1 Å². The van der Waals surface area contributed by atoms with Gasteiger partial charge in [0.05, 0.1) is 17.3 Å². The first-order chi connectivity index (χ1) is 12.9. The molecule has 3 fully saturated rings.